The van der Waals surface area contributed by atoms with Gasteiger partial charge in [-0.15, -0.1) is 0 Å². The minimum atomic E-state index is -1.00. The predicted molar refractivity (Wildman–Crippen MR) is 135 cm³/mol. The maximum absolute atomic E-state index is 13.0. The highest BCUT2D eigenvalue weighted by molar-refractivity contribution is 9.10. The van der Waals surface area contributed by atoms with Crippen LogP contribution in [-0.2, 0) is 32.1 Å². The number of hydrogen-bond acceptors (Lipinski definition) is 5. The van der Waals surface area contributed by atoms with Crippen LogP contribution in [0.3, 0.4) is 0 Å². The lowest BCUT2D eigenvalue weighted by Gasteiger charge is -2.23. The molecule has 0 bridgehead atoms. The minimum Gasteiger partial charge on any atom is -0.445 e. The molecule has 10 heteroatoms. The van der Waals surface area contributed by atoms with E-state index in [-0.39, 0.29) is 18.9 Å². The molecule has 0 fully saturated rings. The van der Waals surface area contributed by atoms with Gasteiger partial charge in [0.05, 0.1) is 0 Å². The summed E-state index contributed by atoms with van der Waals surface area (Å²) in [5.74, 6) is -1.67. The fourth-order valence-electron chi connectivity index (χ4n) is 3.26. The molecule has 2 aromatic rings. The number of ether oxygens (including phenoxy) is 1. The van der Waals surface area contributed by atoms with E-state index in [9.17, 15) is 19.2 Å². The number of carbonyl (C=O) groups is 4. The highest BCUT2D eigenvalue weighted by atomic mass is 79.9. The Morgan fingerprint density at radius 2 is 1.60 bits per heavy atom. The smallest absolute Gasteiger partial charge is 0.407 e. The second kappa shape index (κ2) is 14.1. The van der Waals surface area contributed by atoms with Gasteiger partial charge in [-0.3, -0.25) is 14.4 Å². The summed E-state index contributed by atoms with van der Waals surface area (Å²) in [6.07, 6.45) is -0.238. The van der Waals surface area contributed by atoms with Crippen molar-refractivity contribution in [3.63, 3.8) is 0 Å². The van der Waals surface area contributed by atoms with E-state index in [4.69, 9.17) is 10.5 Å². The van der Waals surface area contributed by atoms with Crippen LogP contribution in [0.15, 0.2) is 59.1 Å². The van der Waals surface area contributed by atoms with E-state index in [1.165, 1.54) is 0 Å². The van der Waals surface area contributed by atoms with Gasteiger partial charge in [-0.1, -0.05) is 78.3 Å². The zero-order chi connectivity index (χ0) is 25.8. The molecule has 9 nitrogen and oxygen atoms in total. The maximum atomic E-state index is 13.0. The average molecular weight is 547 g/mol. The molecule has 0 unspecified atom stereocenters. The highest BCUT2D eigenvalue weighted by Gasteiger charge is 2.27. The molecular formula is C25H31BrN4O5. The molecule has 0 saturated heterocycles. The molecule has 0 saturated carbocycles. The monoisotopic (exact) mass is 546 g/mol. The number of amides is 4. The number of alkyl carbamates (subject to hydrolysis) is 1. The Hall–Kier alpha value is -3.40. The largest absolute Gasteiger partial charge is 0.445 e. The molecular weight excluding hydrogens is 516 g/mol. The van der Waals surface area contributed by atoms with Gasteiger partial charge in [0.1, 0.15) is 25.2 Å². The first-order valence-electron chi connectivity index (χ1n) is 11.2. The fraction of sp³-hybridized carbons (Fsp3) is 0.360. The molecule has 35 heavy (non-hydrogen) atoms. The molecule has 4 amide bonds. The molecule has 0 aliphatic heterocycles. The molecule has 0 aliphatic rings. The number of halogens is 1. The lowest BCUT2D eigenvalue weighted by Crippen LogP contribution is -2.55. The number of primary amides is 1. The van der Waals surface area contributed by atoms with E-state index >= 15 is 0 Å². The molecule has 2 aromatic carbocycles. The molecule has 188 valence electrons. The van der Waals surface area contributed by atoms with Crippen molar-refractivity contribution in [1.29, 1.82) is 0 Å². The van der Waals surface area contributed by atoms with Gasteiger partial charge in [0.2, 0.25) is 17.7 Å². The van der Waals surface area contributed by atoms with Gasteiger partial charge in [-0.25, -0.2) is 4.79 Å². The first-order valence-corrected chi connectivity index (χ1v) is 12.0. The van der Waals surface area contributed by atoms with Crippen LogP contribution in [0.5, 0.6) is 0 Å². The Balaban J connectivity index is 2.00. The van der Waals surface area contributed by atoms with Crippen LogP contribution >= 0.6 is 15.9 Å². The summed E-state index contributed by atoms with van der Waals surface area (Å²) in [5, 5.41) is 7.63. The van der Waals surface area contributed by atoms with Gasteiger partial charge in [-0.05, 0) is 29.5 Å². The molecule has 2 atom stereocenters. The van der Waals surface area contributed by atoms with Crippen LogP contribution in [-0.4, -0.2) is 42.4 Å². The Labute approximate surface area is 213 Å². The van der Waals surface area contributed by atoms with Crippen molar-refractivity contribution in [1.82, 2.24) is 16.0 Å². The molecule has 0 heterocycles. The number of benzene rings is 2. The highest BCUT2D eigenvalue weighted by Crippen LogP contribution is 2.18. The summed E-state index contributed by atoms with van der Waals surface area (Å²) in [5.41, 5.74) is 7.04. The van der Waals surface area contributed by atoms with E-state index in [1.54, 1.807) is 0 Å². The van der Waals surface area contributed by atoms with Crippen LogP contribution in [0, 0.1) is 5.92 Å². The van der Waals surface area contributed by atoms with E-state index < -0.39 is 42.4 Å². The maximum Gasteiger partial charge on any atom is 0.407 e. The van der Waals surface area contributed by atoms with Crippen molar-refractivity contribution in [2.24, 2.45) is 11.7 Å². The Bertz CT molecular complexity index is 1020. The van der Waals surface area contributed by atoms with Crippen LogP contribution < -0.4 is 21.7 Å². The van der Waals surface area contributed by atoms with Gasteiger partial charge in [-0.2, -0.15) is 0 Å². The van der Waals surface area contributed by atoms with E-state index in [1.807, 2.05) is 68.4 Å². The van der Waals surface area contributed by atoms with Crippen molar-refractivity contribution in [3.05, 3.63) is 70.2 Å². The standard InChI is InChI=1S/C25H31BrN4O5/c1-16(2)12-20(23(27)32)30-24(33)21(13-18-10-6-7-11-19(18)26)29-22(31)14-28-25(34)35-15-17-8-4-3-5-9-17/h3-11,16,20-21H,12-15H2,1-2H3,(H2,27,32)(H,28,34)(H,29,31)(H,30,33)/t20-,21-/m0/s1. The number of nitrogens with one attached hydrogen (secondary N) is 3. The summed E-state index contributed by atoms with van der Waals surface area (Å²) >= 11 is 3.44. The van der Waals surface area contributed by atoms with Crippen molar-refractivity contribution >= 4 is 39.7 Å². The molecule has 2 rings (SSSR count). The molecule has 0 spiro atoms. The van der Waals surface area contributed by atoms with Crippen molar-refractivity contribution in [3.8, 4) is 0 Å². The van der Waals surface area contributed by atoms with Gasteiger partial charge in [0.25, 0.3) is 0 Å². The fourth-order valence-corrected chi connectivity index (χ4v) is 3.70. The number of hydrogen-bond donors (Lipinski definition) is 4. The molecule has 0 aromatic heterocycles. The summed E-state index contributed by atoms with van der Waals surface area (Å²) in [7, 11) is 0. The lowest BCUT2D eigenvalue weighted by molar-refractivity contribution is -0.131. The Kier molecular flexibility index (Phi) is 11.2. The Morgan fingerprint density at radius 3 is 2.23 bits per heavy atom. The first kappa shape index (κ1) is 27.8. The summed E-state index contributed by atoms with van der Waals surface area (Å²) in [4.78, 5) is 49.3. The van der Waals surface area contributed by atoms with Gasteiger partial charge in [0, 0.05) is 10.9 Å². The number of nitrogens with two attached hydrogens (primary N) is 1. The lowest BCUT2D eigenvalue weighted by atomic mass is 10.0. The van der Waals surface area contributed by atoms with Crippen molar-refractivity contribution < 1.29 is 23.9 Å². The third-order valence-electron chi connectivity index (χ3n) is 5.01. The van der Waals surface area contributed by atoms with E-state index in [0.717, 1.165) is 15.6 Å². The summed E-state index contributed by atoms with van der Waals surface area (Å²) in [6.45, 7) is 3.49. The topological polar surface area (TPSA) is 140 Å². The number of carbonyl (C=O) groups excluding carboxylic acids is 4. The van der Waals surface area contributed by atoms with Crippen LogP contribution in [0.4, 0.5) is 4.79 Å². The zero-order valence-corrected chi connectivity index (χ0v) is 21.3. The third kappa shape index (κ3) is 10.2. The summed E-state index contributed by atoms with van der Waals surface area (Å²) < 4.78 is 5.86. The number of rotatable bonds is 12. The zero-order valence-electron chi connectivity index (χ0n) is 19.8. The van der Waals surface area contributed by atoms with Crippen LogP contribution in [0.2, 0.25) is 0 Å². The van der Waals surface area contributed by atoms with Gasteiger partial charge >= 0.3 is 6.09 Å². The normalized spacial score (nSPS) is 12.3. The second-order valence-electron chi connectivity index (χ2n) is 8.42. The quantitative estimate of drug-likeness (QED) is 0.323. The minimum absolute atomic E-state index is 0.0612. The predicted octanol–water partition coefficient (Wildman–Crippen LogP) is 2.42. The molecule has 0 radical (unpaired) electrons. The van der Waals surface area contributed by atoms with Gasteiger partial charge in [0.15, 0.2) is 0 Å². The van der Waals surface area contributed by atoms with Crippen LogP contribution in [0.25, 0.3) is 0 Å². The van der Waals surface area contributed by atoms with E-state index in [2.05, 4.69) is 31.9 Å². The van der Waals surface area contributed by atoms with Crippen LogP contribution in [0.1, 0.15) is 31.4 Å². The SMILES string of the molecule is CC(C)C[C@H](NC(=O)[C@H](Cc1ccccc1Br)NC(=O)CNC(=O)OCc1ccccc1)C(N)=O. The summed E-state index contributed by atoms with van der Waals surface area (Å²) in [6, 6.07) is 14.5. The first-order chi connectivity index (χ1) is 16.7. The second-order valence-corrected chi connectivity index (χ2v) is 9.28. The average Bonchev–Trinajstić information content (AvgIpc) is 2.82. The van der Waals surface area contributed by atoms with Crippen molar-refractivity contribution in [2.75, 3.05) is 6.54 Å². The third-order valence-corrected chi connectivity index (χ3v) is 5.78. The van der Waals surface area contributed by atoms with Crippen molar-refractivity contribution in [2.45, 2.75) is 45.4 Å². The Morgan fingerprint density at radius 1 is 0.943 bits per heavy atom. The van der Waals surface area contributed by atoms with E-state index in [0.29, 0.717) is 6.42 Å². The van der Waals surface area contributed by atoms with Gasteiger partial charge < -0.3 is 26.4 Å². The molecule has 0 aliphatic carbocycles. The molecule has 5 N–H and O–H groups in total.